The first-order valence-electron chi connectivity index (χ1n) is 13.5. The summed E-state index contributed by atoms with van der Waals surface area (Å²) in [5.41, 5.74) is 7.16. The van der Waals surface area contributed by atoms with Gasteiger partial charge in [0.1, 0.15) is 5.41 Å². The van der Waals surface area contributed by atoms with Crippen molar-refractivity contribution < 1.29 is 9.59 Å². The van der Waals surface area contributed by atoms with E-state index >= 15 is 0 Å². The van der Waals surface area contributed by atoms with Gasteiger partial charge in [0, 0.05) is 25.7 Å². The Hall–Kier alpha value is -2.86. The third-order valence-electron chi connectivity index (χ3n) is 8.33. The lowest BCUT2D eigenvalue weighted by Crippen LogP contribution is -2.56. The molecule has 1 unspecified atom stereocenters. The zero-order chi connectivity index (χ0) is 25.5. The number of carbonyl (C=O) groups is 2. The Bertz CT molecular complexity index is 941. The first-order chi connectivity index (χ1) is 17.4. The fourth-order valence-electron chi connectivity index (χ4n) is 6.53. The standard InChI is InChI=1S/C30H42N4O2/c1-33(2)22-27(23-12-6-3-7-13-23)32-29(36)34-20-18-26(19-21-34)30(28(31)35,24-14-8-4-9-15-24)25-16-10-5-11-17-25/h4-5,8-11,14-17,23,26-27H,3,6-7,12-13,18-22H2,1-2H3,(H2,31,35)(H,32,36). The van der Waals surface area contributed by atoms with Gasteiger partial charge in [0.2, 0.25) is 5.91 Å². The summed E-state index contributed by atoms with van der Waals surface area (Å²) in [5.74, 6) is 0.229. The first-order valence-corrected chi connectivity index (χ1v) is 13.5. The normalized spacial score (nSPS) is 18.7. The van der Waals surface area contributed by atoms with E-state index in [0.717, 1.165) is 30.5 Å². The highest BCUT2D eigenvalue weighted by atomic mass is 16.2. The number of nitrogens with zero attached hydrogens (tertiary/aromatic N) is 2. The Balaban J connectivity index is 1.51. The van der Waals surface area contributed by atoms with Gasteiger partial charge in [-0.15, -0.1) is 0 Å². The topological polar surface area (TPSA) is 78.7 Å². The molecule has 3 amide bonds. The average Bonchev–Trinajstić information content (AvgIpc) is 2.90. The van der Waals surface area contributed by atoms with Gasteiger partial charge in [-0.05, 0) is 62.7 Å². The molecule has 36 heavy (non-hydrogen) atoms. The predicted octanol–water partition coefficient (Wildman–Crippen LogP) is 4.39. The number of primary amides is 1. The Morgan fingerprint density at radius 1 is 0.917 bits per heavy atom. The van der Waals surface area contributed by atoms with Gasteiger partial charge < -0.3 is 20.9 Å². The molecule has 0 radical (unpaired) electrons. The summed E-state index contributed by atoms with van der Waals surface area (Å²) in [7, 11) is 4.15. The van der Waals surface area contributed by atoms with Gasteiger partial charge >= 0.3 is 6.03 Å². The van der Waals surface area contributed by atoms with Crippen LogP contribution < -0.4 is 11.1 Å². The van der Waals surface area contributed by atoms with Crippen LogP contribution in [0.25, 0.3) is 0 Å². The zero-order valence-electron chi connectivity index (χ0n) is 21.9. The number of amides is 3. The van der Waals surface area contributed by atoms with E-state index in [1.54, 1.807) is 0 Å². The van der Waals surface area contributed by atoms with E-state index < -0.39 is 5.41 Å². The van der Waals surface area contributed by atoms with Crippen LogP contribution in [0.1, 0.15) is 56.1 Å². The maximum atomic E-state index is 13.4. The monoisotopic (exact) mass is 490 g/mol. The molecule has 1 heterocycles. The van der Waals surface area contributed by atoms with E-state index in [1.807, 2.05) is 65.6 Å². The van der Waals surface area contributed by atoms with E-state index in [9.17, 15) is 9.59 Å². The second-order valence-electron chi connectivity index (χ2n) is 10.9. The number of carbonyl (C=O) groups excluding carboxylic acids is 2. The number of likely N-dealkylation sites (tertiary alicyclic amines) is 1. The third kappa shape index (κ3) is 5.59. The van der Waals surface area contributed by atoms with Crippen LogP contribution in [0, 0.1) is 11.8 Å². The highest BCUT2D eigenvalue weighted by Gasteiger charge is 2.48. The number of rotatable bonds is 8. The van der Waals surface area contributed by atoms with E-state index in [-0.39, 0.29) is 23.9 Å². The molecule has 2 fully saturated rings. The Kier molecular flexibility index (Phi) is 8.68. The molecule has 1 saturated carbocycles. The Morgan fingerprint density at radius 3 is 1.92 bits per heavy atom. The maximum absolute atomic E-state index is 13.4. The molecule has 2 aromatic carbocycles. The minimum Gasteiger partial charge on any atom is -0.369 e. The van der Waals surface area contributed by atoms with Gasteiger partial charge in [-0.1, -0.05) is 79.9 Å². The number of benzene rings is 2. The van der Waals surface area contributed by atoms with Gasteiger partial charge in [0.05, 0.1) is 0 Å². The fraction of sp³-hybridized carbons (Fsp3) is 0.533. The van der Waals surface area contributed by atoms with Crippen LogP contribution in [0.4, 0.5) is 4.79 Å². The smallest absolute Gasteiger partial charge is 0.317 e. The molecular formula is C30H42N4O2. The lowest BCUT2D eigenvalue weighted by Gasteiger charge is -2.44. The van der Waals surface area contributed by atoms with Crippen LogP contribution in [0.3, 0.4) is 0 Å². The molecule has 6 nitrogen and oxygen atoms in total. The predicted molar refractivity (Wildman–Crippen MR) is 145 cm³/mol. The van der Waals surface area contributed by atoms with Crippen molar-refractivity contribution in [3.63, 3.8) is 0 Å². The zero-order valence-corrected chi connectivity index (χ0v) is 21.9. The molecule has 1 saturated heterocycles. The van der Waals surface area contributed by atoms with Crippen molar-refractivity contribution in [3.8, 4) is 0 Å². The number of hydrogen-bond acceptors (Lipinski definition) is 3. The number of urea groups is 1. The molecule has 194 valence electrons. The van der Waals surface area contributed by atoms with Crippen LogP contribution >= 0.6 is 0 Å². The SMILES string of the molecule is CN(C)CC(NC(=O)N1CCC(C(C(N)=O)(c2ccccc2)c2ccccc2)CC1)C1CCCCC1. The van der Waals surface area contributed by atoms with Crippen molar-refractivity contribution in [2.45, 2.75) is 56.4 Å². The summed E-state index contributed by atoms with van der Waals surface area (Å²) >= 11 is 0. The van der Waals surface area contributed by atoms with Crippen molar-refractivity contribution in [1.29, 1.82) is 0 Å². The minimum atomic E-state index is -0.916. The van der Waals surface area contributed by atoms with Crippen molar-refractivity contribution in [3.05, 3.63) is 71.8 Å². The number of nitrogens with one attached hydrogen (secondary N) is 1. The number of nitrogens with two attached hydrogens (primary N) is 1. The first kappa shape index (κ1) is 26.2. The Labute approximate surface area is 216 Å². The molecule has 0 spiro atoms. The van der Waals surface area contributed by atoms with E-state index in [2.05, 4.69) is 24.3 Å². The van der Waals surface area contributed by atoms with Crippen LogP contribution in [0.15, 0.2) is 60.7 Å². The molecular weight excluding hydrogens is 448 g/mol. The van der Waals surface area contributed by atoms with Gasteiger partial charge in [0.25, 0.3) is 0 Å². The molecule has 2 aliphatic rings. The second kappa shape index (κ2) is 11.9. The molecule has 4 rings (SSSR count). The molecule has 3 N–H and O–H groups in total. The largest absolute Gasteiger partial charge is 0.369 e. The summed E-state index contributed by atoms with van der Waals surface area (Å²) in [6, 6.07) is 20.0. The van der Waals surface area contributed by atoms with Gasteiger partial charge in [-0.3, -0.25) is 4.79 Å². The molecule has 6 heteroatoms. The van der Waals surface area contributed by atoms with Crippen molar-refractivity contribution in [2.75, 3.05) is 33.7 Å². The third-order valence-corrected chi connectivity index (χ3v) is 8.33. The molecule has 0 bridgehead atoms. The quantitative estimate of drug-likeness (QED) is 0.576. The fourth-order valence-corrected chi connectivity index (χ4v) is 6.53. The highest BCUT2D eigenvalue weighted by molar-refractivity contribution is 5.91. The summed E-state index contributed by atoms with van der Waals surface area (Å²) < 4.78 is 0. The van der Waals surface area contributed by atoms with Crippen molar-refractivity contribution >= 4 is 11.9 Å². The number of likely N-dealkylation sites (N-methyl/N-ethyl adjacent to an activating group) is 1. The van der Waals surface area contributed by atoms with E-state index in [1.165, 1.54) is 32.1 Å². The Morgan fingerprint density at radius 2 is 1.44 bits per heavy atom. The lowest BCUT2D eigenvalue weighted by molar-refractivity contribution is -0.124. The number of hydrogen-bond donors (Lipinski definition) is 2. The van der Waals surface area contributed by atoms with Gasteiger partial charge in [0.15, 0.2) is 0 Å². The summed E-state index contributed by atoms with van der Waals surface area (Å²) in [6.07, 6.45) is 7.64. The van der Waals surface area contributed by atoms with Crippen molar-refractivity contribution in [2.24, 2.45) is 17.6 Å². The molecule has 0 aromatic heterocycles. The summed E-state index contributed by atoms with van der Waals surface area (Å²) in [6.45, 7) is 2.09. The van der Waals surface area contributed by atoms with Gasteiger partial charge in [-0.2, -0.15) is 0 Å². The van der Waals surface area contributed by atoms with Crippen LogP contribution in [-0.2, 0) is 10.2 Å². The molecule has 1 aliphatic carbocycles. The maximum Gasteiger partial charge on any atom is 0.317 e. The van der Waals surface area contributed by atoms with Gasteiger partial charge in [-0.25, -0.2) is 4.79 Å². The minimum absolute atomic E-state index is 0.0137. The average molecular weight is 491 g/mol. The van der Waals surface area contributed by atoms with Crippen molar-refractivity contribution in [1.82, 2.24) is 15.1 Å². The molecule has 1 aliphatic heterocycles. The number of piperidine rings is 1. The van der Waals surface area contributed by atoms with E-state index in [0.29, 0.717) is 19.0 Å². The lowest BCUT2D eigenvalue weighted by atomic mass is 9.62. The summed E-state index contributed by atoms with van der Waals surface area (Å²) in [5, 5.41) is 3.38. The van der Waals surface area contributed by atoms with Crippen LogP contribution in [0.5, 0.6) is 0 Å². The second-order valence-corrected chi connectivity index (χ2v) is 10.9. The van der Waals surface area contributed by atoms with E-state index in [4.69, 9.17) is 5.73 Å². The van der Waals surface area contributed by atoms with Crippen LogP contribution in [0.2, 0.25) is 0 Å². The highest BCUT2D eigenvalue weighted by Crippen LogP contribution is 2.44. The van der Waals surface area contributed by atoms with Crippen LogP contribution in [-0.4, -0.2) is 61.5 Å². The molecule has 1 atom stereocenters. The molecule has 2 aromatic rings. The summed E-state index contributed by atoms with van der Waals surface area (Å²) in [4.78, 5) is 30.8.